The van der Waals surface area contributed by atoms with Crippen molar-refractivity contribution in [1.82, 2.24) is 4.90 Å². The molecule has 2 aliphatic rings. The minimum atomic E-state index is -0.754. The monoisotopic (exact) mass is 325 g/mol. The Morgan fingerprint density at radius 1 is 1.17 bits per heavy atom. The maximum absolute atomic E-state index is 13.1. The maximum Gasteiger partial charge on any atom is 0.195 e. The van der Waals surface area contributed by atoms with Crippen molar-refractivity contribution in [3.63, 3.8) is 0 Å². The maximum atomic E-state index is 13.1. The van der Waals surface area contributed by atoms with Gasteiger partial charge in [0, 0.05) is 25.1 Å². The molecule has 3 rings (SSSR count). The normalized spacial score (nSPS) is 24.9. The van der Waals surface area contributed by atoms with E-state index in [0.717, 1.165) is 38.0 Å². The van der Waals surface area contributed by atoms with E-state index in [2.05, 4.69) is 4.90 Å². The van der Waals surface area contributed by atoms with Crippen molar-refractivity contribution >= 4 is 0 Å². The molecule has 6 heteroatoms. The van der Waals surface area contributed by atoms with Crippen LogP contribution in [0.4, 0.5) is 4.39 Å². The van der Waals surface area contributed by atoms with E-state index < -0.39 is 5.79 Å². The highest BCUT2D eigenvalue weighted by Gasteiger charge is 2.38. The van der Waals surface area contributed by atoms with Crippen molar-refractivity contribution in [3.05, 3.63) is 35.6 Å². The first-order chi connectivity index (χ1) is 11.2. The molecule has 1 unspecified atom stereocenters. The molecule has 0 saturated carbocycles. The molecular formula is C17H24FNO4. The van der Waals surface area contributed by atoms with Gasteiger partial charge in [0.1, 0.15) is 5.82 Å². The molecule has 2 aliphatic heterocycles. The fourth-order valence-electron chi connectivity index (χ4n) is 3.24. The van der Waals surface area contributed by atoms with Crippen LogP contribution in [-0.2, 0) is 20.0 Å². The summed E-state index contributed by atoms with van der Waals surface area (Å²) in [5.74, 6) is -1.01. The van der Waals surface area contributed by atoms with Crippen LogP contribution >= 0.6 is 0 Å². The number of aliphatic hydroxyl groups excluding tert-OH is 1. The highest BCUT2D eigenvalue weighted by atomic mass is 19.1. The summed E-state index contributed by atoms with van der Waals surface area (Å²) in [7, 11) is 0. The van der Waals surface area contributed by atoms with Crippen molar-refractivity contribution in [3.8, 4) is 0 Å². The number of benzene rings is 1. The Hall–Kier alpha value is -1.05. The molecule has 128 valence electrons. The first-order valence-corrected chi connectivity index (χ1v) is 8.21. The van der Waals surface area contributed by atoms with E-state index in [4.69, 9.17) is 14.2 Å². The Kier molecular flexibility index (Phi) is 5.61. The standard InChI is InChI=1S/C17H24FNO4/c18-15-4-2-14(3-5-15)17(22-10-11-23-17)6-1-7-19-8-9-21-16(12-19)13-20/h2-5,16,20H,1,6-13H2. The third-order valence-corrected chi connectivity index (χ3v) is 4.44. The molecule has 1 aromatic rings. The predicted octanol–water partition coefficient (Wildman–Crippen LogP) is 1.50. The average Bonchev–Trinajstić information content (AvgIpc) is 3.06. The smallest absolute Gasteiger partial charge is 0.195 e. The van der Waals surface area contributed by atoms with Crippen LogP contribution in [-0.4, -0.2) is 62.2 Å². The van der Waals surface area contributed by atoms with Crippen LogP contribution < -0.4 is 0 Å². The second-order valence-electron chi connectivity index (χ2n) is 6.04. The van der Waals surface area contributed by atoms with E-state index in [9.17, 15) is 9.50 Å². The quantitative estimate of drug-likeness (QED) is 0.859. The molecule has 0 bridgehead atoms. The molecule has 1 N–H and O–H groups in total. The summed E-state index contributed by atoms with van der Waals surface area (Å²) in [4.78, 5) is 2.29. The molecule has 0 radical (unpaired) electrons. The van der Waals surface area contributed by atoms with E-state index in [1.165, 1.54) is 12.1 Å². The number of morpholine rings is 1. The molecule has 1 aromatic carbocycles. The van der Waals surface area contributed by atoms with Gasteiger partial charge < -0.3 is 19.3 Å². The fraction of sp³-hybridized carbons (Fsp3) is 0.647. The Morgan fingerprint density at radius 3 is 2.61 bits per heavy atom. The van der Waals surface area contributed by atoms with Gasteiger partial charge in [-0.25, -0.2) is 4.39 Å². The Labute approximate surface area is 135 Å². The first kappa shape index (κ1) is 16.8. The molecule has 5 nitrogen and oxygen atoms in total. The number of hydrogen-bond donors (Lipinski definition) is 1. The van der Waals surface area contributed by atoms with Gasteiger partial charge in [0.25, 0.3) is 0 Å². The number of hydrogen-bond acceptors (Lipinski definition) is 5. The number of nitrogens with zero attached hydrogens (tertiary/aromatic N) is 1. The van der Waals surface area contributed by atoms with E-state index in [-0.39, 0.29) is 18.5 Å². The van der Waals surface area contributed by atoms with Crippen molar-refractivity contribution in [1.29, 1.82) is 0 Å². The Morgan fingerprint density at radius 2 is 1.91 bits per heavy atom. The Bertz CT molecular complexity index is 490. The summed E-state index contributed by atoms with van der Waals surface area (Å²) < 4.78 is 30.3. The summed E-state index contributed by atoms with van der Waals surface area (Å²) >= 11 is 0. The molecule has 2 fully saturated rings. The van der Waals surface area contributed by atoms with Gasteiger partial charge in [-0.1, -0.05) is 12.1 Å². The van der Waals surface area contributed by atoms with E-state index in [1.807, 2.05) is 0 Å². The molecular weight excluding hydrogens is 301 g/mol. The lowest BCUT2D eigenvalue weighted by atomic mass is 10.00. The molecule has 0 spiro atoms. The zero-order valence-electron chi connectivity index (χ0n) is 13.2. The van der Waals surface area contributed by atoms with Gasteiger partial charge in [-0.3, -0.25) is 4.90 Å². The van der Waals surface area contributed by atoms with Crippen LogP contribution in [0.3, 0.4) is 0 Å². The predicted molar refractivity (Wildman–Crippen MR) is 82.5 cm³/mol. The second kappa shape index (κ2) is 7.68. The lowest BCUT2D eigenvalue weighted by Crippen LogP contribution is -2.44. The van der Waals surface area contributed by atoms with Crippen molar-refractivity contribution in [2.45, 2.75) is 24.7 Å². The second-order valence-corrected chi connectivity index (χ2v) is 6.04. The summed E-state index contributed by atoms with van der Waals surface area (Å²) in [6, 6.07) is 6.35. The highest BCUT2D eigenvalue weighted by Crippen LogP contribution is 2.36. The van der Waals surface area contributed by atoms with Gasteiger partial charge in [0.15, 0.2) is 5.79 Å². The molecule has 0 amide bonds. The van der Waals surface area contributed by atoms with Crippen LogP contribution in [0.25, 0.3) is 0 Å². The van der Waals surface area contributed by atoms with Gasteiger partial charge in [-0.05, 0) is 25.1 Å². The number of rotatable bonds is 6. The van der Waals surface area contributed by atoms with Crippen LogP contribution in [0.15, 0.2) is 24.3 Å². The van der Waals surface area contributed by atoms with Crippen LogP contribution in [0.2, 0.25) is 0 Å². The zero-order valence-corrected chi connectivity index (χ0v) is 13.2. The van der Waals surface area contributed by atoms with Crippen LogP contribution in [0, 0.1) is 5.82 Å². The molecule has 1 atom stereocenters. The molecule has 23 heavy (non-hydrogen) atoms. The minimum Gasteiger partial charge on any atom is -0.394 e. The topological polar surface area (TPSA) is 51.2 Å². The molecule has 0 aliphatic carbocycles. The lowest BCUT2D eigenvalue weighted by molar-refractivity contribution is -0.172. The summed E-state index contributed by atoms with van der Waals surface area (Å²) in [6.07, 6.45) is 1.53. The summed E-state index contributed by atoms with van der Waals surface area (Å²) in [6.45, 7) is 4.35. The Balaban J connectivity index is 1.57. The van der Waals surface area contributed by atoms with Crippen LogP contribution in [0.1, 0.15) is 18.4 Å². The fourth-order valence-corrected chi connectivity index (χ4v) is 3.24. The number of ether oxygens (including phenoxy) is 3. The molecule has 2 saturated heterocycles. The summed E-state index contributed by atoms with van der Waals surface area (Å²) in [5.41, 5.74) is 0.867. The third-order valence-electron chi connectivity index (χ3n) is 4.44. The lowest BCUT2D eigenvalue weighted by Gasteiger charge is -2.33. The van der Waals surface area contributed by atoms with Crippen molar-refractivity contribution in [2.24, 2.45) is 0 Å². The van der Waals surface area contributed by atoms with Gasteiger partial charge in [0.2, 0.25) is 0 Å². The van der Waals surface area contributed by atoms with Gasteiger partial charge in [0.05, 0.1) is 32.5 Å². The number of aliphatic hydroxyl groups is 1. The van der Waals surface area contributed by atoms with Gasteiger partial charge in [-0.15, -0.1) is 0 Å². The minimum absolute atomic E-state index is 0.0578. The third kappa shape index (κ3) is 4.08. The van der Waals surface area contributed by atoms with E-state index in [0.29, 0.717) is 19.8 Å². The highest BCUT2D eigenvalue weighted by molar-refractivity contribution is 5.22. The van der Waals surface area contributed by atoms with E-state index >= 15 is 0 Å². The van der Waals surface area contributed by atoms with Gasteiger partial charge in [-0.2, -0.15) is 0 Å². The van der Waals surface area contributed by atoms with Crippen molar-refractivity contribution < 1.29 is 23.7 Å². The molecule has 2 heterocycles. The van der Waals surface area contributed by atoms with Crippen LogP contribution in [0.5, 0.6) is 0 Å². The van der Waals surface area contributed by atoms with E-state index in [1.54, 1.807) is 12.1 Å². The first-order valence-electron chi connectivity index (χ1n) is 8.21. The zero-order chi connectivity index (χ0) is 16.1. The molecule has 0 aromatic heterocycles. The van der Waals surface area contributed by atoms with Crippen molar-refractivity contribution in [2.75, 3.05) is 46.1 Å². The average molecular weight is 325 g/mol. The summed E-state index contributed by atoms with van der Waals surface area (Å²) in [5, 5.41) is 9.20. The largest absolute Gasteiger partial charge is 0.394 e. The number of halogens is 1. The SMILES string of the molecule is OCC1CN(CCCC2(c3ccc(F)cc3)OCCO2)CCO1. The van der Waals surface area contributed by atoms with Gasteiger partial charge >= 0.3 is 0 Å².